The van der Waals surface area contributed by atoms with E-state index in [9.17, 15) is 0 Å². The van der Waals surface area contributed by atoms with E-state index in [1.165, 1.54) is 20.9 Å². The first kappa shape index (κ1) is 13.3. The minimum Gasteiger partial charge on any atom is -0.306 e. The van der Waals surface area contributed by atoms with Gasteiger partial charge in [-0.25, -0.2) is 0 Å². The fourth-order valence-corrected chi connectivity index (χ4v) is 3.14. The normalized spacial score (nSPS) is 12.6. The van der Waals surface area contributed by atoms with E-state index in [4.69, 9.17) is 0 Å². The van der Waals surface area contributed by atoms with Gasteiger partial charge in [-0.15, -0.1) is 11.3 Å². The number of aryl methyl sites for hydroxylation is 2. The third-order valence-electron chi connectivity index (χ3n) is 3.13. The van der Waals surface area contributed by atoms with Gasteiger partial charge in [0.05, 0.1) is 6.04 Å². The summed E-state index contributed by atoms with van der Waals surface area (Å²) < 4.78 is 0. The van der Waals surface area contributed by atoms with E-state index in [-0.39, 0.29) is 0 Å². The average Bonchev–Trinajstić information content (AvgIpc) is 2.86. The number of nitrogens with one attached hydrogen (secondary N) is 1. The first-order valence-corrected chi connectivity index (χ1v) is 7.44. The van der Waals surface area contributed by atoms with Crippen LogP contribution in [0.3, 0.4) is 0 Å². The fraction of sp³-hybridized carbons (Fsp3) is 0.375. The van der Waals surface area contributed by atoms with Crippen LogP contribution in [-0.4, -0.2) is 6.54 Å². The molecule has 2 heteroatoms. The largest absolute Gasteiger partial charge is 0.306 e. The molecule has 0 amide bonds. The van der Waals surface area contributed by atoms with Gasteiger partial charge >= 0.3 is 0 Å². The highest BCUT2D eigenvalue weighted by atomic mass is 32.1. The summed E-state index contributed by atoms with van der Waals surface area (Å²) >= 11 is 1.92. The van der Waals surface area contributed by atoms with Crippen molar-refractivity contribution < 1.29 is 0 Å². The molecule has 2 rings (SSSR count). The summed E-state index contributed by atoms with van der Waals surface area (Å²) in [6, 6.07) is 13.7. The van der Waals surface area contributed by atoms with Gasteiger partial charge in [-0.2, -0.15) is 0 Å². The Kier molecular flexibility index (Phi) is 4.56. The molecule has 0 spiro atoms. The van der Waals surface area contributed by atoms with Crippen molar-refractivity contribution in [2.24, 2.45) is 0 Å². The molecule has 1 heterocycles. The van der Waals surface area contributed by atoms with E-state index in [1.807, 2.05) is 11.3 Å². The van der Waals surface area contributed by atoms with Gasteiger partial charge in [0.15, 0.2) is 0 Å². The number of hydrogen-bond donors (Lipinski definition) is 1. The van der Waals surface area contributed by atoms with Crippen LogP contribution in [-0.2, 0) is 6.42 Å². The molecule has 18 heavy (non-hydrogen) atoms. The molecule has 1 aromatic carbocycles. The molecule has 0 aliphatic carbocycles. The van der Waals surface area contributed by atoms with Gasteiger partial charge in [0.25, 0.3) is 0 Å². The average molecular weight is 259 g/mol. The third-order valence-corrected chi connectivity index (χ3v) is 4.43. The van der Waals surface area contributed by atoms with Crippen molar-refractivity contribution in [2.45, 2.75) is 33.2 Å². The van der Waals surface area contributed by atoms with Crippen LogP contribution in [0.15, 0.2) is 36.4 Å². The summed E-state index contributed by atoms with van der Waals surface area (Å²) in [5.74, 6) is 0. The fourth-order valence-electron chi connectivity index (χ4n) is 2.09. The van der Waals surface area contributed by atoms with Crippen LogP contribution in [0.5, 0.6) is 0 Å². The van der Waals surface area contributed by atoms with Crippen LogP contribution in [0.2, 0.25) is 0 Å². The number of rotatable bonds is 5. The molecule has 2 aromatic rings. The zero-order valence-electron chi connectivity index (χ0n) is 11.4. The van der Waals surface area contributed by atoms with Crippen molar-refractivity contribution >= 4 is 11.3 Å². The molecule has 1 aromatic heterocycles. The summed E-state index contributed by atoms with van der Waals surface area (Å²) in [6.45, 7) is 7.49. The van der Waals surface area contributed by atoms with E-state index in [0.717, 1.165) is 13.0 Å². The first-order valence-electron chi connectivity index (χ1n) is 6.63. The van der Waals surface area contributed by atoms with Crippen LogP contribution >= 0.6 is 11.3 Å². The van der Waals surface area contributed by atoms with E-state index in [1.54, 1.807) is 0 Å². The quantitative estimate of drug-likeness (QED) is 0.843. The van der Waals surface area contributed by atoms with Crippen LogP contribution in [0, 0.1) is 6.92 Å². The van der Waals surface area contributed by atoms with Crippen molar-refractivity contribution in [1.29, 1.82) is 0 Å². The second-order valence-corrected chi connectivity index (χ2v) is 5.76. The molecule has 0 saturated carbocycles. The minimum atomic E-state index is 0.334. The van der Waals surface area contributed by atoms with E-state index in [0.29, 0.717) is 6.04 Å². The summed E-state index contributed by atoms with van der Waals surface area (Å²) in [4.78, 5) is 2.87. The molecule has 1 nitrogen and oxygen atoms in total. The third kappa shape index (κ3) is 3.01. The molecule has 0 fully saturated rings. The SMILES string of the molecule is CCNC(c1ccc(C)cc1)c1ccc(CC)s1. The van der Waals surface area contributed by atoms with Crippen molar-refractivity contribution in [3.05, 3.63) is 57.3 Å². The molecule has 1 unspecified atom stereocenters. The zero-order chi connectivity index (χ0) is 13.0. The summed E-state index contributed by atoms with van der Waals surface area (Å²) in [5, 5.41) is 3.58. The molecule has 1 atom stereocenters. The lowest BCUT2D eigenvalue weighted by molar-refractivity contribution is 0.639. The topological polar surface area (TPSA) is 12.0 Å². The Labute approximate surface area is 114 Å². The molecule has 0 radical (unpaired) electrons. The highest BCUT2D eigenvalue weighted by Crippen LogP contribution is 2.29. The van der Waals surface area contributed by atoms with E-state index < -0.39 is 0 Å². The predicted molar refractivity (Wildman–Crippen MR) is 80.4 cm³/mol. The molecule has 0 bridgehead atoms. The smallest absolute Gasteiger partial charge is 0.0671 e. The maximum atomic E-state index is 3.58. The molecule has 96 valence electrons. The van der Waals surface area contributed by atoms with Crippen molar-refractivity contribution in [2.75, 3.05) is 6.54 Å². The van der Waals surface area contributed by atoms with E-state index >= 15 is 0 Å². The second kappa shape index (κ2) is 6.17. The maximum absolute atomic E-state index is 3.58. The predicted octanol–water partition coefficient (Wildman–Crippen LogP) is 4.32. The Morgan fingerprint density at radius 3 is 2.33 bits per heavy atom. The lowest BCUT2D eigenvalue weighted by atomic mass is 10.0. The van der Waals surface area contributed by atoms with Gasteiger partial charge in [-0.3, -0.25) is 0 Å². The molecule has 0 aliphatic rings. The summed E-state index contributed by atoms with van der Waals surface area (Å²) in [7, 11) is 0. The molecular formula is C16H21NS. The van der Waals surface area contributed by atoms with Gasteiger partial charge in [0.2, 0.25) is 0 Å². The Bertz CT molecular complexity index is 484. The van der Waals surface area contributed by atoms with Gasteiger partial charge in [0, 0.05) is 9.75 Å². The Balaban J connectivity index is 2.29. The van der Waals surface area contributed by atoms with Gasteiger partial charge in [0.1, 0.15) is 0 Å². The van der Waals surface area contributed by atoms with Crippen LogP contribution in [0.25, 0.3) is 0 Å². The van der Waals surface area contributed by atoms with Gasteiger partial charge in [-0.1, -0.05) is 43.7 Å². The van der Waals surface area contributed by atoms with Crippen molar-refractivity contribution in [1.82, 2.24) is 5.32 Å². The van der Waals surface area contributed by atoms with Crippen molar-refractivity contribution in [3.63, 3.8) is 0 Å². The molecule has 0 saturated heterocycles. The second-order valence-electron chi connectivity index (χ2n) is 4.56. The zero-order valence-corrected chi connectivity index (χ0v) is 12.2. The minimum absolute atomic E-state index is 0.334. The number of benzene rings is 1. The van der Waals surface area contributed by atoms with Gasteiger partial charge < -0.3 is 5.32 Å². The Morgan fingerprint density at radius 2 is 1.78 bits per heavy atom. The van der Waals surface area contributed by atoms with E-state index in [2.05, 4.69) is 62.5 Å². The maximum Gasteiger partial charge on any atom is 0.0671 e. The lowest BCUT2D eigenvalue weighted by Crippen LogP contribution is -2.20. The van der Waals surface area contributed by atoms with Gasteiger partial charge in [-0.05, 0) is 37.6 Å². The van der Waals surface area contributed by atoms with Crippen LogP contribution in [0.1, 0.15) is 40.8 Å². The van der Waals surface area contributed by atoms with Crippen LogP contribution in [0.4, 0.5) is 0 Å². The summed E-state index contributed by atoms with van der Waals surface area (Å²) in [5.41, 5.74) is 2.67. The summed E-state index contributed by atoms with van der Waals surface area (Å²) in [6.07, 6.45) is 1.12. The van der Waals surface area contributed by atoms with Crippen LogP contribution < -0.4 is 5.32 Å². The molecular weight excluding hydrogens is 238 g/mol. The lowest BCUT2D eigenvalue weighted by Gasteiger charge is -2.17. The number of hydrogen-bond acceptors (Lipinski definition) is 2. The Morgan fingerprint density at radius 1 is 1.06 bits per heavy atom. The number of thiophene rings is 1. The monoisotopic (exact) mass is 259 g/mol. The Hall–Kier alpha value is -1.12. The highest BCUT2D eigenvalue weighted by Gasteiger charge is 2.14. The van der Waals surface area contributed by atoms with Crippen molar-refractivity contribution in [3.8, 4) is 0 Å². The molecule has 0 aliphatic heterocycles. The standard InChI is InChI=1S/C16H21NS/c1-4-14-10-11-15(18-14)16(17-5-2)13-8-6-12(3)7-9-13/h6-11,16-17H,4-5H2,1-3H3. The first-order chi connectivity index (χ1) is 8.74. The highest BCUT2D eigenvalue weighted by molar-refractivity contribution is 7.12. The molecule has 1 N–H and O–H groups in total.